The fraction of sp³-hybridized carbons (Fsp3) is 0.290. The average molecular weight is 556 g/mol. The van der Waals surface area contributed by atoms with Crippen molar-refractivity contribution in [1.29, 1.82) is 0 Å². The summed E-state index contributed by atoms with van der Waals surface area (Å²) in [7, 11) is 1.91. The highest BCUT2D eigenvalue weighted by Gasteiger charge is 2.49. The predicted molar refractivity (Wildman–Crippen MR) is 159 cm³/mol. The Balaban J connectivity index is 1.44. The number of thiophene rings is 1. The van der Waals surface area contributed by atoms with Crippen LogP contribution < -0.4 is 32.6 Å². The lowest BCUT2D eigenvalue weighted by atomic mass is 9.69. The molecule has 1 heterocycles. The zero-order chi connectivity index (χ0) is 28.2. The number of hydrogen-bond acceptors (Lipinski definition) is 8. The number of para-hydroxylation sites is 1. The molecule has 2 unspecified atom stereocenters. The lowest BCUT2D eigenvalue weighted by molar-refractivity contribution is -0.124. The third-order valence-electron chi connectivity index (χ3n) is 8.32. The molecule has 4 aromatic rings. The molecule has 0 spiro atoms. The molecule has 1 amide bonds. The van der Waals surface area contributed by atoms with Gasteiger partial charge in [0.2, 0.25) is 0 Å². The average Bonchev–Trinajstić information content (AvgIpc) is 3.57. The Labute approximate surface area is 236 Å². The summed E-state index contributed by atoms with van der Waals surface area (Å²) >= 11 is 1.27. The number of ether oxygens (including phenoxy) is 1. The third kappa shape index (κ3) is 4.08. The fourth-order valence-electron chi connectivity index (χ4n) is 6.31. The minimum Gasteiger partial charge on any atom is -0.457 e. The number of nitrogens with one attached hydrogen (secondary N) is 2. The SMILES string of the molecule is CN[C@@H]1CCC[C@H]1NC(=O)c1sc2c(N)ccc3c2c1C(N)C(=O)C3(N)c1ccc(Oc2ccccc2)cc1C. The molecule has 3 aromatic carbocycles. The number of ketones is 1. The van der Waals surface area contributed by atoms with Gasteiger partial charge in [0.15, 0.2) is 5.78 Å². The Kier molecular flexibility index (Phi) is 6.62. The summed E-state index contributed by atoms with van der Waals surface area (Å²) in [5.41, 5.74) is 21.7. The van der Waals surface area contributed by atoms with Crippen LogP contribution in [0.3, 0.4) is 0 Å². The Bertz CT molecular complexity index is 1640. The van der Waals surface area contributed by atoms with E-state index in [1.165, 1.54) is 11.3 Å². The first-order chi connectivity index (χ1) is 19.2. The molecule has 6 rings (SSSR count). The number of amides is 1. The van der Waals surface area contributed by atoms with Gasteiger partial charge in [0, 0.05) is 28.7 Å². The Morgan fingerprint density at radius 1 is 1.02 bits per heavy atom. The second-order valence-corrected chi connectivity index (χ2v) is 11.7. The molecule has 4 atom stereocenters. The van der Waals surface area contributed by atoms with Gasteiger partial charge in [-0.3, -0.25) is 9.59 Å². The number of aryl methyl sites for hydroxylation is 1. The Morgan fingerprint density at radius 2 is 1.75 bits per heavy atom. The van der Waals surface area contributed by atoms with Crippen molar-refractivity contribution in [2.75, 3.05) is 12.8 Å². The van der Waals surface area contributed by atoms with E-state index in [9.17, 15) is 9.59 Å². The molecule has 0 aliphatic heterocycles. The topological polar surface area (TPSA) is 145 Å². The number of nitrogens with two attached hydrogens (primary N) is 3. The van der Waals surface area contributed by atoms with E-state index in [4.69, 9.17) is 21.9 Å². The van der Waals surface area contributed by atoms with Crippen LogP contribution in [0.5, 0.6) is 11.5 Å². The number of hydrogen-bond donors (Lipinski definition) is 5. The molecular formula is C31H33N5O3S. The van der Waals surface area contributed by atoms with Gasteiger partial charge in [-0.15, -0.1) is 11.3 Å². The van der Waals surface area contributed by atoms with Gasteiger partial charge in [0.05, 0.1) is 15.6 Å². The summed E-state index contributed by atoms with van der Waals surface area (Å²) in [6.07, 6.45) is 2.93. The van der Waals surface area contributed by atoms with Crippen LogP contribution in [0.4, 0.5) is 5.69 Å². The number of carbonyl (C=O) groups is 2. The summed E-state index contributed by atoms with van der Waals surface area (Å²) in [6, 6.07) is 17.6. The second-order valence-electron chi connectivity index (χ2n) is 10.7. The van der Waals surface area contributed by atoms with E-state index in [0.717, 1.165) is 24.8 Å². The van der Waals surface area contributed by atoms with E-state index in [1.807, 2.05) is 56.4 Å². The highest BCUT2D eigenvalue weighted by molar-refractivity contribution is 7.21. The molecule has 1 aromatic heterocycles. The normalized spacial score (nSPS) is 23.9. The standard InChI is InChI=1S/C31H33N5O3S/c1-16-15-18(39-17-7-4-3-5-8-17)11-12-19(16)31(34)20-13-14-21(32)27-24(20)25(26(33)29(31)37)28(40-27)30(38)36-23-10-6-9-22(23)35-2/h3-5,7-8,11-15,22-23,26,35H,6,9-10,32-34H2,1-2H3,(H,36,38)/t22-,23-,26?,31?/m1/s1. The van der Waals surface area contributed by atoms with Crippen molar-refractivity contribution < 1.29 is 14.3 Å². The summed E-state index contributed by atoms with van der Waals surface area (Å²) in [5.74, 6) is 0.737. The molecule has 0 saturated heterocycles. The predicted octanol–water partition coefficient (Wildman–Crippen LogP) is 4.24. The first kappa shape index (κ1) is 26.5. The van der Waals surface area contributed by atoms with Gasteiger partial charge < -0.3 is 32.6 Å². The first-order valence-corrected chi connectivity index (χ1v) is 14.3. The van der Waals surface area contributed by atoms with E-state index in [1.54, 1.807) is 18.2 Å². The summed E-state index contributed by atoms with van der Waals surface area (Å²) in [6.45, 7) is 1.90. The zero-order valence-electron chi connectivity index (χ0n) is 22.5. The van der Waals surface area contributed by atoms with Crippen molar-refractivity contribution in [3.05, 3.63) is 87.8 Å². The van der Waals surface area contributed by atoms with Gasteiger partial charge in [-0.25, -0.2) is 0 Å². The first-order valence-electron chi connectivity index (χ1n) is 13.5. The van der Waals surface area contributed by atoms with Crippen molar-refractivity contribution in [2.45, 2.75) is 49.9 Å². The fourth-order valence-corrected chi connectivity index (χ4v) is 7.51. The van der Waals surface area contributed by atoms with Crippen LogP contribution in [-0.4, -0.2) is 30.8 Å². The van der Waals surface area contributed by atoms with Crippen molar-refractivity contribution in [3.8, 4) is 11.5 Å². The quantitative estimate of drug-likeness (QED) is 0.224. The molecule has 1 fully saturated rings. The van der Waals surface area contributed by atoms with Gasteiger partial charge in [-0.2, -0.15) is 0 Å². The highest BCUT2D eigenvalue weighted by Crippen LogP contribution is 2.50. The lowest BCUT2D eigenvalue weighted by Crippen LogP contribution is -2.53. The van der Waals surface area contributed by atoms with Gasteiger partial charge in [-0.05, 0) is 80.3 Å². The van der Waals surface area contributed by atoms with E-state index in [-0.39, 0.29) is 23.8 Å². The summed E-state index contributed by atoms with van der Waals surface area (Å²) in [4.78, 5) is 28.1. The van der Waals surface area contributed by atoms with Crippen LogP contribution in [0, 0.1) is 6.92 Å². The minimum atomic E-state index is -1.52. The largest absolute Gasteiger partial charge is 0.457 e. The monoisotopic (exact) mass is 555 g/mol. The van der Waals surface area contributed by atoms with Crippen molar-refractivity contribution >= 4 is 38.8 Å². The number of carbonyl (C=O) groups excluding carboxylic acids is 2. The maximum Gasteiger partial charge on any atom is 0.262 e. The second kappa shape index (κ2) is 10.0. The number of nitrogen functional groups attached to an aromatic ring is 1. The highest BCUT2D eigenvalue weighted by atomic mass is 32.1. The van der Waals surface area contributed by atoms with Gasteiger partial charge in [-0.1, -0.05) is 30.3 Å². The molecule has 8 N–H and O–H groups in total. The molecule has 0 bridgehead atoms. The van der Waals surface area contributed by atoms with Gasteiger partial charge in [0.25, 0.3) is 5.91 Å². The molecule has 9 heteroatoms. The Morgan fingerprint density at radius 3 is 2.48 bits per heavy atom. The molecule has 2 aliphatic rings. The van der Waals surface area contributed by atoms with Crippen LogP contribution >= 0.6 is 11.3 Å². The molecule has 40 heavy (non-hydrogen) atoms. The molecule has 8 nitrogen and oxygen atoms in total. The number of Topliss-reactive ketones (excluding diaryl/α,β-unsaturated/α-hetero) is 1. The number of likely N-dealkylation sites (N-methyl/N-ethyl adjacent to an activating group) is 1. The van der Waals surface area contributed by atoms with Gasteiger partial charge in [0.1, 0.15) is 17.0 Å². The molecule has 0 radical (unpaired) electrons. The van der Waals surface area contributed by atoms with Gasteiger partial charge >= 0.3 is 0 Å². The number of benzene rings is 3. The molecule has 1 saturated carbocycles. The number of rotatable bonds is 6. The van der Waals surface area contributed by atoms with Crippen molar-refractivity contribution in [3.63, 3.8) is 0 Å². The minimum absolute atomic E-state index is 0.00937. The Hall–Kier alpha value is -3.76. The van der Waals surface area contributed by atoms with Crippen LogP contribution in [0.1, 0.15) is 57.2 Å². The summed E-state index contributed by atoms with van der Waals surface area (Å²) < 4.78 is 6.71. The molecule has 2 aliphatic carbocycles. The van der Waals surface area contributed by atoms with Crippen LogP contribution in [0.25, 0.3) is 10.1 Å². The smallest absolute Gasteiger partial charge is 0.262 e. The number of anilines is 1. The molecule has 206 valence electrons. The van der Waals surface area contributed by atoms with E-state index < -0.39 is 11.6 Å². The van der Waals surface area contributed by atoms with Crippen molar-refractivity contribution in [1.82, 2.24) is 10.6 Å². The summed E-state index contributed by atoms with van der Waals surface area (Å²) in [5, 5.41) is 7.16. The molecular weight excluding hydrogens is 522 g/mol. The van der Waals surface area contributed by atoms with E-state index >= 15 is 0 Å². The third-order valence-corrected chi connectivity index (χ3v) is 9.58. The lowest BCUT2D eigenvalue weighted by Gasteiger charge is -2.37. The van der Waals surface area contributed by atoms with E-state index in [0.29, 0.717) is 48.8 Å². The van der Waals surface area contributed by atoms with E-state index in [2.05, 4.69) is 10.6 Å². The zero-order valence-corrected chi connectivity index (χ0v) is 23.3. The van der Waals surface area contributed by atoms with Crippen LogP contribution in [-0.2, 0) is 10.3 Å². The maximum absolute atomic E-state index is 14.1. The van der Waals surface area contributed by atoms with Crippen LogP contribution in [0.15, 0.2) is 60.7 Å². The van der Waals surface area contributed by atoms with Crippen molar-refractivity contribution in [2.24, 2.45) is 11.5 Å². The van der Waals surface area contributed by atoms with Crippen LogP contribution in [0.2, 0.25) is 0 Å². The maximum atomic E-state index is 14.1.